The number of piperidine rings is 1. The molecule has 1 aliphatic heterocycles. The molecule has 0 aromatic rings. The van der Waals surface area contributed by atoms with Crippen LogP contribution in [0.5, 0.6) is 0 Å². The molecule has 0 bridgehead atoms. The summed E-state index contributed by atoms with van der Waals surface area (Å²) < 4.78 is 32.0. The number of nitrogens with one attached hydrogen (secondary N) is 3. The molecule has 7 nitrogen and oxygen atoms in total. The SMILES string of the molecule is CCOC(=O)NS(=O)(=O)NC(C)C1CCCCN1. The average molecular weight is 279 g/mol. The molecule has 1 rings (SSSR count). The fourth-order valence-corrected chi connectivity index (χ4v) is 2.92. The molecule has 8 heteroatoms. The van der Waals surface area contributed by atoms with Crippen molar-refractivity contribution in [2.24, 2.45) is 0 Å². The fourth-order valence-electron chi connectivity index (χ4n) is 1.93. The first-order chi connectivity index (χ1) is 8.44. The lowest BCUT2D eigenvalue weighted by molar-refractivity contribution is 0.158. The van der Waals surface area contributed by atoms with Gasteiger partial charge in [-0.2, -0.15) is 13.1 Å². The average Bonchev–Trinajstić information content (AvgIpc) is 2.29. The fraction of sp³-hybridized carbons (Fsp3) is 0.900. The molecule has 0 aromatic heterocycles. The van der Waals surface area contributed by atoms with Crippen LogP contribution in [-0.2, 0) is 14.9 Å². The van der Waals surface area contributed by atoms with Gasteiger partial charge in [0.1, 0.15) is 0 Å². The molecule has 0 aliphatic carbocycles. The van der Waals surface area contributed by atoms with E-state index in [0.717, 1.165) is 25.8 Å². The summed E-state index contributed by atoms with van der Waals surface area (Å²) in [5.74, 6) is 0. The minimum atomic E-state index is -3.87. The molecule has 1 heterocycles. The Labute approximate surface area is 108 Å². The van der Waals surface area contributed by atoms with Gasteiger partial charge in [0.05, 0.1) is 6.61 Å². The van der Waals surface area contributed by atoms with Gasteiger partial charge in [0.2, 0.25) is 0 Å². The van der Waals surface area contributed by atoms with E-state index >= 15 is 0 Å². The summed E-state index contributed by atoms with van der Waals surface area (Å²) in [4.78, 5) is 11.0. The zero-order valence-electron chi connectivity index (χ0n) is 10.7. The lowest BCUT2D eigenvalue weighted by Gasteiger charge is -2.29. The Balaban J connectivity index is 2.45. The highest BCUT2D eigenvalue weighted by molar-refractivity contribution is 7.88. The number of carbonyl (C=O) groups excluding carboxylic acids is 1. The molecular formula is C10H21N3O4S. The van der Waals surface area contributed by atoms with E-state index in [9.17, 15) is 13.2 Å². The zero-order valence-corrected chi connectivity index (χ0v) is 11.5. The highest BCUT2D eigenvalue weighted by Gasteiger charge is 2.24. The molecule has 106 valence electrons. The predicted molar refractivity (Wildman–Crippen MR) is 67.3 cm³/mol. The van der Waals surface area contributed by atoms with Crippen LogP contribution in [0, 0.1) is 0 Å². The van der Waals surface area contributed by atoms with E-state index in [0.29, 0.717) is 0 Å². The van der Waals surface area contributed by atoms with Gasteiger partial charge in [-0.15, -0.1) is 0 Å². The molecule has 0 radical (unpaired) electrons. The maximum Gasteiger partial charge on any atom is 0.421 e. The summed E-state index contributed by atoms with van der Waals surface area (Å²) in [6.07, 6.45) is 2.14. The first kappa shape index (κ1) is 15.2. The summed E-state index contributed by atoms with van der Waals surface area (Å²) in [6.45, 7) is 4.39. The van der Waals surface area contributed by atoms with Crippen LogP contribution in [0.3, 0.4) is 0 Å². The van der Waals surface area contributed by atoms with Crippen LogP contribution in [-0.4, -0.2) is 39.7 Å². The Bertz CT molecular complexity index is 365. The van der Waals surface area contributed by atoms with Crippen molar-refractivity contribution in [1.82, 2.24) is 14.8 Å². The third-order valence-electron chi connectivity index (χ3n) is 2.79. The molecule has 1 saturated heterocycles. The highest BCUT2D eigenvalue weighted by atomic mass is 32.2. The van der Waals surface area contributed by atoms with Gasteiger partial charge in [-0.05, 0) is 33.2 Å². The van der Waals surface area contributed by atoms with Gasteiger partial charge >= 0.3 is 16.3 Å². The quantitative estimate of drug-likeness (QED) is 0.663. The largest absolute Gasteiger partial charge is 0.449 e. The van der Waals surface area contributed by atoms with Crippen molar-refractivity contribution in [1.29, 1.82) is 0 Å². The van der Waals surface area contributed by atoms with Crippen LogP contribution in [0.4, 0.5) is 4.79 Å². The van der Waals surface area contributed by atoms with Crippen LogP contribution in [0.2, 0.25) is 0 Å². The minimum absolute atomic E-state index is 0.0949. The molecule has 1 aliphatic rings. The van der Waals surface area contributed by atoms with Gasteiger partial charge in [0, 0.05) is 12.1 Å². The van der Waals surface area contributed by atoms with E-state index in [2.05, 4.69) is 14.8 Å². The number of hydrogen-bond donors (Lipinski definition) is 3. The van der Waals surface area contributed by atoms with Crippen molar-refractivity contribution >= 4 is 16.3 Å². The summed E-state index contributed by atoms with van der Waals surface area (Å²) in [7, 11) is -3.87. The van der Waals surface area contributed by atoms with Gasteiger partial charge in [-0.3, -0.25) is 0 Å². The molecule has 1 fully saturated rings. The maximum atomic E-state index is 11.6. The van der Waals surface area contributed by atoms with Gasteiger partial charge in [-0.1, -0.05) is 6.42 Å². The van der Waals surface area contributed by atoms with E-state index in [1.165, 1.54) is 0 Å². The van der Waals surface area contributed by atoms with Gasteiger partial charge in [0.25, 0.3) is 0 Å². The Morgan fingerprint density at radius 3 is 2.78 bits per heavy atom. The zero-order chi connectivity index (χ0) is 13.6. The number of rotatable bonds is 5. The number of amides is 1. The van der Waals surface area contributed by atoms with Crippen LogP contribution in [0.15, 0.2) is 0 Å². The summed E-state index contributed by atoms with van der Waals surface area (Å²) in [5.41, 5.74) is 0. The second-order valence-electron chi connectivity index (χ2n) is 4.29. The van der Waals surface area contributed by atoms with Crippen LogP contribution in [0.1, 0.15) is 33.1 Å². The van der Waals surface area contributed by atoms with Gasteiger partial charge in [0.15, 0.2) is 0 Å². The van der Waals surface area contributed by atoms with Gasteiger partial charge in [-0.25, -0.2) is 9.52 Å². The Morgan fingerprint density at radius 1 is 1.50 bits per heavy atom. The summed E-state index contributed by atoms with van der Waals surface area (Å²) >= 11 is 0. The van der Waals surface area contributed by atoms with E-state index in [4.69, 9.17) is 0 Å². The van der Waals surface area contributed by atoms with Crippen molar-refractivity contribution in [2.45, 2.75) is 45.2 Å². The molecule has 1 amide bonds. The summed E-state index contributed by atoms with van der Waals surface area (Å²) in [6, 6.07) is -0.185. The molecule has 0 aromatic carbocycles. The summed E-state index contributed by atoms with van der Waals surface area (Å²) in [5, 5.41) is 3.25. The number of ether oxygens (including phenoxy) is 1. The molecule has 3 N–H and O–H groups in total. The second-order valence-corrected chi connectivity index (χ2v) is 5.74. The predicted octanol–water partition coefficient (Wildman–Crippen LogP) is 0.0975. The topological polar surface area (TPSA) is 96.5 Å². The Kier molecular flexibility index (Phi) is 5.83. The second kappa shape index (κ2) is 6.91. The van der Waals surface area contributed by atoms with Crippen LogP contribution < -0.4 is 14.8 Å². The molecule has 0 saturated carbocycles. The molecular weight excluding hydrogens is 258 g/mol. The monoisotopic (exact) mass is 279 g/mol. The lowest BCUT2D eigenvalue weighted by atomic mass is 10.00. The molecule has 0 spiro atoms. The number of carbonyl (C=O) groups is 1. The van der Waals surface area contributed by atoms with E-state index in [1.807, 2.05) is 0 Å². The van der Waals surface area contributed by atoms with E-state index in [-0.39, 0.29) is 18.7 Å². The smallest absolute Gasteiger partial charge is 0.421 e. The number of hydrogen-bond acceptors (Lipinski definition) is 5. The minimum Gasteiger partial charge on any atom is -0.449 e. The normalized spacial score (nSPS) is 22.2. The van der Waals surface area contributed by atoms with Crippen molar-refractivity contribution in [3.8, 4) is 0 Å². The molecule has 2 unspecified atom stereocenters. The molecule has 18 heavy (non-hydrogen) atoms. The maximum absolute atomic E-state index is 11.6. The van der Waals surface area contributed by atoms with Crippen molar-refractivity contribution in [3.63, 3.8) is 0 Å². The van der Waals surface area contributed by atoms with Gasteiger partial charge < -0.3 is 10.1 Å². The first-order valence-corrected chi connectivity index (χ1v) is 7.63. The van der Waals surface area contributed by atoms with Crippen LogP contribution in [0.25, 0.3) is 0 Å². The van der Waals surface area contributed by atoms with Crippen LogP contribution >= 0.6 is 0 Å². The third-order valence-corrected chi connectivity index (χ3v) is 3.90. The van der Waals surface area contributed by atoms with Crippen molar-refractivity contribution in [3.05, 3.63) is 0 Å². The van der Waals surface area contributed by atoms with E-state index in [1.54, 1.807) is 18.6 Å². The molecule has 2 atom stereocenters. The van der Waals surface area contributed by atoms with Crippen molar-refractivity contribution in [2.75, 3.05) is 13.2 Å². The Morgan fingerprint density at radius 2 is 2.22 bits per heavy atom. The first-order valence-electron chi connectivity index (χ1n) is 6.15. The van der Waals surface area contributed by atoms with E-state index < -0.39 is 16.3 Å². The highest BCUT2D eigenvalue weighted by Crippen LogP contribution is 2.10. The third kappa shape index (κ3) is 5.19. The standard InChI is InChI=1S/C10H21N3O4S/c1-3-17-10(14)13-18(15,16)12-8(2)9-6-4-5-7-11-9/h8-9,11-12H,3-7H2,1-2H3,(H,13,14). The van der Waals surface area contributed by atoms with Crippen molar-refractivity contribution < 1.29 is 17.9 Å². The lowest BCUT2D eigenvalue weighted by Crippen LogP contribution is -2.53. The Hall–Kier alpha value is -0.860.